The highest BCUT2D eigenvalue weighted by Gasteiger charge is 2.37. The molecule has 0 spiro atoms. The van der Waals surface area contributed by atoms with E-state index in [2.05, 4.69) is 5.10 Å². The zero-order chi connectivity index (χ0) is 17.6. The van der Waals surface area contributed by atoms with Crippen LogP contribution < -0.4 is 4.90 Å². The van der Waals surface area contributed by atoms with Gasteiger partial charge >= 0.3 is 6.09 Å². The van der Waals surface area contributed by atoms with Crippen LogP contribution in [0.25, 0.3) is 0 Å². The quantitative estimate of drug-likeness (QED) is 0.830. The second kappa shape index (κ2) is 5.77. The molecule has 0 saturated carbocycles. The van der Waals surface area contributed by atoms with Gasteiger partial charge in [0.15, 0.2) is 0 Å². The minimum Gasteiger partial charge on any atom is -0.444 e. The maximum atomic E-state index is 12.5. The van der Waals surface area contributed by atoms with Crippen LogP contribution in [0.3, 0.4) is 0 Å². The van der Waals surface area contributed by atoms with Crippen molar-refractivity contribution in [3.8, 4) is 0 Å². The van der Waals surface area contributed by atoms with Gasteiger partial charge in [-0.3, -0.25) is 14.4 Å². The number of aliphatic hydroxyl groups is 1. The lowest BCUT2D eigenvalue weighted by atomic mass is 10.2. The fourth-order valence-corrected chi connectivity index (χ4v) is 3.08. The summed E-state index contributed by atoms with van der Waals surface area (Å²) in [6.45, 7) is 8.77. The number of fused-ring (bicyclic) bond motifs is 1. The summed E-state index contributed by atoms with van der Waals surface area (Å²) in [5.74, 6) is -0.312. The van der Waals surface area contributed by atoms with Crippen LogP contribution in [0.15, 0.2) is 6.20 Å². The predicted octanol–water partition coefficient (Wildman–Crippen LogP) is 1.12. The molecule has 2 amide bonds. The Morgan fingerprint density at radius 3 is 2.71 bits per heavy atom. The Kier molecular flexibility index (Phi) is 4.03. The molecule has 1 N–H and O–H groups in total. The molecule has 2 aliphatic rings. The van der Waals surface area contributed by atoms with Gasteiger partial charge in [0.05, 0.1) is 36.7 Å². The predicted molar refractivity (Wildman–Crippen MR) is 86.4 cm³/mol. The number of aliphatic hydroxyl groups excluding tert-OH is 1. The summed E-state index contributed by atoms with van der Waals surface area (Å²) in [5.41, 5.74) is 0.894. The summed E-state index contributed by atoms with van der Waals surface area (Å²) in [7, 11) is 0. The van der Waals surface area contributed by atoms with Gasteiger partial charge in [0, 0.05) is 13.0 Å². The number of amides is 2. The molecule has 8 heteroatoms. The molecule has 3 rings (SSSR count). The highest BCUT2D eigenvalue weighted by molar-refractivity contribution is 5.99. The Bertz CT molecular complexity index is 664. The number of carbonyl (C=O) groups excluding carboxylic acids is 2. The van der Waals surface area contributed by atoms with E-state index in [0.29, 0.717) is 31.7 Å². The van der Waals surface area contributed by atoms with E-state index in [9.17, 15) is 14.7 Å². The average molecular weight is 336 g/mol. The van der Waals surface area contributed by atoms with E-state index in [1.54, 1.807) is 16.0 Å². The number of rotatable bonds is 1. The topological polar surface area (TPSA) is 87.9 Å². The SMILES string of the molecule is CC1Cn2ncc(N3CC[C@H](O)C3=O)c2CN1C(=O)OC(C)(C)C. The molecule has 24 heavy (non-hydrogen) atoms. The Morgan fingerprint density at radius 2 is 2.12 bits per heavy atom. The van der Waals surface area contributed by atoms with Crippen molar-refractivity contribution in [3.63, 3.8) is 0 Å². The Morgan fingerprint density at radius 1 is 1.42 bits per heavy atom. The molecule has 1 aromatic rings. The van der Waals surface area contributed by atoms with Gasteiger partial charge in [-0.25, -0.2) is 4.79 Å². The molecule has 2 atom stereocenters. The first-order valence-electron chi connectivity index (χ1n) is 8.21. The zero-order valence-corrected chi connectivity index (χ0v) is 14.5. The maximum absolute atomic E-state index is 12.5. The van der Waals surface area contributed by atoms with Gasteiger partial charge in [0.2, 0.25) is 0 Å². The molecule has 1 fully saturated rings. The number of hydrogen-bond donors (Lipinski definition) is 1. The summed E-state index contributed by atoms with van der Waals surface area (Å²) in [4.78, 5) is 27.8. The molecular weight excluding hydrogens is 312 g/mol. The second-order valence-electron chi connectivity index (χ2n) is 7.41. The van der Waals surface area contributed by atoms with Crippen molar-refractivity contribution < 1.29 is 19.4 Å². The number of nitrogens with zero attached hydrogens (tertiary/aromatic N) is 4. The third-order valence-corrected chi connectivity index (χ3v) is 4.31. The van der Waals surface area contributed by atoms with Crippen molar-refractivity contribution in [2.24, 2.45) is 0 Å². The monoisotopic (exact) mass is 336 g/mol. The van der Waals surface area contributed by atoms with E-state index >= 15 is 0 Å². The fourth-order valence-electron chi connectivity index (χ4n) is 3.08. The van der Waals surface area contributed by atoms with Gasteiger partial charge in [-0.2, -0.15) is 5.10 Å². The normalized spacial score (nSPS) is 24.3. The van der Waals surface area contributed by atoms with E-state index < -0.39 is 11.7 Å². The van der Waals surface area contributed by atoms with Gasteiger partial charge in [-0.15, -0.1) is 0 Å². The molecule has 3 heterocycles. The van der Waals surface area contributed by atoms with Crippen molar-refractivity contribution in [2.75, 3.05) is 11.4 Å². The van der Waals surface area contributed by atoms with Crippen LogP contribution >= 0.6 is 0 Å². The van der Waals surface area contributed by atoms with Crippen LogP contribution in [0, 0.1) is 0 Å². The van der Waals surface area contributed by atoms with E-state index in [4.69, 9.17) is 4.74 Å². The first kappa shape index (κ1) is 16.8. The lowest BCUT2D eigenvalue weighted by Crippen LogP contribution is -2.47. The number of aromatic nitrogens is 2. The fraction of sp³-hybridized carbons (Fsp3) is 0.688. The Hall–Kier alpha value is -2.09. The van der Waals surface area contributed by atoms with Gasteiger partial charge in [-0.1, -0.05) is 0 Å². The number of carbonyl (C=O) groups is 2. The minimum absolute atomic E-state index is 0.0556. The molecule has 8 nitrogen and oxygen atoms in total. The van der Waals surface area contributed by atoms with Gasteiger partial charge < -0.3 is 14.7 Å². The summed E-state index contributed by atoms with van der Waals surface area (Å²) in [6.07, 6.45) is 0.720. The van der Waals surface area contributed by atoms with Crippen LogP contribution in [0.5, 0.6) is 0 Å². The van der Waals surface area contributed by atoms with Crippen molar-refractivity contribution in [3.05, 3.63) is 11.9 Å². The molecule has 2 aliphatic heterocycles. The number of hydrogen-bond acceptors (Lipinski definition) is 5. The highest BCUT2D eigenvalue weighted by atomic mass is 16.6. The molecule has 1 unspecified atom stereocenters. The van der Waals surface area contributed by atoms with E-state index in [-0.39, 0.29) is 18.0 Å². The third-order valence-electron chi connectivity index (χ3n) is 4.31. The lowest BCUT2D eigenvalue weighted by Gasteiger charge is -2.36. The van der Waals surface area contributed by atoms with Crippen LogP contribution in [0.4, 0.5) is 10.5 Å². The Balaban J connectivity index is 1.84. The molecule has 0 radical (unpaired) electrons. The Labute approximate surface area is 141 Å². The molecular formula is C16H24N4O4. The van der Waals surface area contributed by atoms with Crippen molar-refractivity contribution in [1.29, 1.82) is 0 Å². The first-order valence-corrected chi connectivity index (χ1v) is 8.21. The maximum Gasteiger partial charge on any atom is 0.410 e. The van der Waals surface area contributed by atoms with Crippen molar-refractivity contribution >= 4 is 17.7 Å². The third kappa shape index (κ3) is 2.98. The number of ether oxygens (including phenoxy) is 1. The standard InChI is InChI=1S/C16H24N4O4/c1-10-8-20-12(9-19(10)15(23)24-16(2,3)4)11(7-17-20)18-6-5-13(21)14(18)22/h7,10,13,21H,5-6,8-9H2,1-4H3/t10?,13-/m0/s1. The smallest absolute Gasteiger partial charge is 0.410 e. The average Bonchev–Trinajstić information content (AvgIpc) is 3.00. The molecule has 1 aromatic heterocycles. The van der Waals surface area contributed by atoms with Crippen LogP contribution in [-0.4, -0.2) is 56.1 Å². The minimum atomic E-state index is -0.954. The van der Waals surface area contributed by atoms with Gasteiger partial charge in [0.1, 0.15) is 11.7 Å². The molecule has 0 bridgehead atoms. The van der Waals surface area contributed by atoms with E-state index in [0.717, 1.165) is 5.69 Å². The largest absolute Gasteiger partial charge is 0.444 e. The summed E-state index contributed by atoms with van der Waals surface area (Å²) in [5, 5.41) is 14.0. The van der Waals surface area contributed by atoms with Crippen LogP contribution in [0.1, 0.15) is 39.8 Å². The van der Waals surface area contributed by atoms with E-state index in [1.165, 1.54) is 0 Å². The van der Waals surface area contributed by atoms with Gasteiger partial charge in [-0.05, 0) is 27.7 Å². The summed E-state index contributed by atoms with van der Waals surface area (Å²) >= 11 is 0. The second-order valence-corrected chi connectivity index (χ2v) is 7.41. The highest BCUT2D eigenvalue weighted by Crippen LogP contribution is 2.30. The molecule has 1 saturated heterocycles. The van der Waals surface area contributed by atoms with E-state index in [1.807, 2.05) is 32.4 Å². The molecule has 132 valence electrons. The van der Waals surface area contributed by atoms with Gasteiger partial charge in [0.25, 0.3) is 5.91 Å². The van der Waals surface area contributed by atoms with Crippen LogP contribution in [-0.2, 0) is 22.6 Å². The summed E-state index contributed by atoms with van der Waals surface area (Å²) < 4.78 is 7.30. The summed E-state index contributed by atoms with van der Waals surface area (Å²) in [6, 6.07) is -0.0556. The molecule has 0 aliphatic carbocycles. The first-order chi connectivity index (χ1) is 11.2. The lowest BCUT2D eigenvalue weighted by molar-refractivity contribution is -0.124. The number of anilines is 1. The van der Waals surface area contributed by atoms with Crippen molar-refractivity contribution in [1.82, 2.24) is 14.7 Å². The van der Waals surface area contributed by atoms with Crippen molar-refractivity contribution in [2.45, 2.75) is 65.0 Å². The van der Waals surface area contributed by atoms with Crippen LogP contribution in [0.2, 0.25) is 0 Å². The molecule has 0 aromatic carbocycles. The zero-order valence-electron chi connectivity index (χ0n) is 14.5.